The molecule has 2 aliphatic rings. The zero-order valence-electron chi connectivity index (χ0n) is 10.9. The van der Waals surface area contributed by atoms with Crippen LogP contribution in [0.2, 0.25) is 0 Å². The summed E-state index contributed by atoms with van der Waals surface area (Å²) in [6, 6.07) is 0. The third-order valence-corrected chi connectivity index (χ3v) is 3.86. The van der Waals surface area contributed by atoms with Crippen molar-refractivity contribution in [2.24, 2.45) is 16.6 Å². The molecule has 0 radical (unpaired) electrons. The second-order valence-electron chi connectivity index (χ2n) is 5.33. The zero-order chi connectivity index (χ0) is 12.1. The predicted molar refractivity (Wildman–Crippen MR) is 70.1 cm³/mol. The van der Waals surface area contributed by atoms with E-state index in [-0.39, 0.29) is 0 Å². The van der Waals surface area contributed by atoms with Crippen molar-refractivity contribution in [3.63, 3.8) is 0 Å². The molecule has 2 N–H and O–H groups in total. The van der Waals surface area contributed by atoms with Crippen LogP contribution in [0.1, 0.15) is 39.0 Å². The van der Waals surface area contributed by atoms with Crippen LogP contribution in [-0.4, -0.2) is 43.2 Å². The van der Waals surface area contributed by atoms with Gasteiger partial charge in [0.1, 0.15) is 0 Å². The van der Waals surface area contributed by atoms with Crippen LogP contribution in [0.3, 0.4) is 0 Å². The molecule has 0 spiro atoms. The number of hydrogen-bond acceptors (Lipinski definition) is 2. The molecule has 0 saturated carbocycles. The SMILES string of the molecule is CC1CCN(C(N)=NCCC2CCCO2)CC1. The van der Waals surface area contributed by atoms with Gasteiger partial charge in [0, 0.05) is 26.2 Å². The molecule has 0 aromatic rings. The normalized spacial score (nSPS) is 27.7. The van der Waals surface area contributed by atoms with Crippen LogP contribution in [0.5, 0.6) is 0 Å². The van der Waals surface area contributed by atoms with Crippen molar-refractivity contribution in [3.05, 3.63) is 0 Å². The van der Waals surface area contributed by atoms with E-state index >= 15 is 0 Å². The Morgan fingerprint density at radius 2 is 2.12 bits per heavy atom. The number of likely N-dealkylation sites (tertiary alicyclic amines) is 1. The Balaban J connectivity index is 1.69. The second kappa shape index (κ2) is 6.24. The largest absolute Gasteiger partial charge is 0.378 e. The van der Waals surface area contributed by atoms with E-state index in [1.54, 1.807) is 0 Å². The number of aliphatic imine (C=N–C) groups is 1. The number of rotatable bonds is 3. The van der Waals surface area contributed by atoms with Crippen molar-refractivity contribution in [1.82, 2.24) is 4.90 Å². The lowest BCUT2D eigenvalue weighted by Gasteiger charge is -2.31. The summed E-state index contributed by atoms with van der Waals surface area (Å²) in [7, 11) is 0. The Hall–Kier alpha value is -0.770. The van der Waals surface area contributed by atoms with E-state index < -0.39 is 0 Å². The van der Waals surface area contributed by atoms with Crippen molar-refractivity contribution in [2.75, 3.05) is 26.2 Å². The van der Waals surface area contributed by atoms with Crippen LogP contribution in [-0.2, 0) is 4.74 Å². The summed E-state index contributed by atoms with van der Waals surface area (Å²) in [5, 5.41) is 0. The maximum atomic E-state index is 6.01. The molecule has 0 amide bonds. The molecule has 2 heterocycles. The number of ether oxygens (including phenoxy) is 1. The Bertz CT molecular complexity index is 253. The van der Waals surface area contributed by atoms with Gasteiger partial charge in [-0.15, -0.1) is 0 Å². The first-order chi connectivity index (χ1) is 8.25. The highest BCUT2D eigenvalue weighted by atomic mass is 16.5. The molecule has 0 aromatic carbocycles. The molecule has 0 bridgehead atoms. The van der Waals surface area contributed by atoms with Crippen LogP contribution in [0.15, 0.2) is 4.99 Å². The molecule has 0 aliphatic carbocycles. The van der Waals surface area contributed by atoms with Crippen molar-refractivity contribution >= 4 is 5.96 Å². The Morgan fingerprint density at radius 1 is 1.35 bits per heavy atom. The van der Waals surface area contributed by atoms with E-state index in [1.165, 1.54) is 25.7 Å². The van der Waals surface area contributed by atoms with Crippen LogP contribution < -0.4 is 5.73 Å². The summed E-state index contributed by atoms with van der Waals surface area (Å²) in [6.45, 7) is 6.17. The molecule has 0 aromatic heterocycles. The molecule has 1 atom stereocenters. The quantitative estimate of drug-likeness (QED) is 0.601. The Morgan fingerprint density at radius 3 is 2.76 bits per heavy atom. The van der Waals surface area contributed by atoms with E-state index in [1.807, 2.05) is 0 Å². The number of nitrogens with two attached hydrogens (primary N) is 1. The summed E-state index contributed by atoms with van der Waals surface area (Å²) >= 11 is 0. The number of piperidine rings is 1. The van der Waals surface area contributed by atoms with Gasteiger partial charge in [-0.25, -0.2) is 0 Å². The minimum absolute atomic E-state index is 0.424. The van der Waals surface area contributed by atoms with Gasteiger partial charge in [0.2, 0.25) is 0 Å². The molecule has 2 saturated heterocycles. The van der Waals surface area contributed by atoms with Crippen LogP contribution >= 0.6 is 0 Å². The Kier molecular flexibility index (Phi) is 4.66. The smallest absolute Gasteiger partial charge is 0.191 e. The zero-order valence-corrected chi connectivity index (χ0v) is 10.9. The third kappa shape index (κ3) is 3.87. The average Bonchev–Trinajstić information content (AvgIpc) is 2.83. The fraction of sp³-hybridized carbons (Fsp3) is 0.923. The highest BCUT2D eigenvalue weighted by Crippen LogP contribution is 2.16. The molecule has 1 unspecified atom stereocenters. The number of hydrogen-bond donors (Lipinski definition) is 1. The lowest BCUT2D eigenvalue weighted by atomic mass is 10.00. The van der Waals surface area contributed by atoms with E-state index in [0.29, 0.717) is 6.10 Å². The van der Waals surface area contributed by atoms with E-state index in [0.717, 1.165) is 44.5 Å². The van der Waals surface area contributed by atoms with Crippen molar-refractivity contribution in [3.8, 4) is 0 Å². The first-order valence-corrected chi connectivity index (χ1v) is 6.92. The van der Waals surface area contributed by atoms with Gasteiger partial charge in [0.25, 0.3) is 0 Å². The lowest BCUT2D eigenvalue weighted by molar-refractivity contribution is 0.106. The van der Waals surface area contributed by atoms with Crippen molar-refractivity contribution in [1.29, 1.82) is 0 Å². The standard InChI is InChI=1S/C13H25N3O/c1-11-5-8-16(9-6-11)13(14)15-7-4-12-3-2-10-17-12/h11-12H,2-10H2,1H3,(H2,14,15). The van der Waals surface area contributed by atoms with Crippen molar-refractivity contribution < 1.29 is 4.74 Å². The van der Waals surface area contributed by atoms with Crippen molar-refractivity contribution in [2.45, 2.75) is 45.1 Å². The van der Waals surface area contributed by atoms with Gasteiger partial charge in [-0.1, -0.05) is 6.92 Å². The summed E-state index contributed by atoms with van der Waals surface area (Å²) in [5.74, 6) is 1.57. The molecule has 2 fully saturated rings. The summed E-state index contributed by atoms with van der Waals surface area (Å²) in [5.41, 5.74) is 6.01. The maximum absolute atomic E-state index is 6.01. The highest BCUT2D eigenvalue weighted by molar-refractivity contribution is 5.78. The van der Waals surface area contributed by atoms with Crippen LogP contribution in [0.4, 0.5) is 0 Å². The molecule has 98 valence electrons. The topological polar surface area (TPSA) is 50.8 Å². The van der Waals surface area contributed by atoms with Gasteiger partial charge < -0.3 is 15.4 Å². The van der Waals surface area contributed by atoms with Gasteiger partial charge in [0.05, 0.1) is 6.10 Å². The summed E-state index contributed by atoms with van der Waals surface area (Å²) in [6.07, 6.45) is 6.31. The second-order valence-corrected chi connectivity index (χ2v) is 5.33. The molecule has 17 heavy (non-hydrogen) atoms. The fourth-order valence-electron chi connectivity index (χ4n) is 2.53. The predicted octanol–water partition coefficient (Wildman–Crippen LogP) is 1.60. The molecular weight excluding hydrogens is 214 g/mol. The van der Waals surface area contributed by atoms with E-state index in [4.69, 9.17) is 10.5 Å². The molecule has 2 aliphatic heterocycles. The van der Waals surface area contributed by atoms with Crippen LogP contribution in [0, 0.1) is 5.92 Å². The van der Waals surface area contributed by atoms with Crippen LogP contribution in [0.25, 0.3) is 0 Å². The fourth-order valence-corrected chi connectivity index (χ4v) is 2.53. The first-order valence-electron chi connectivity index (χ1n) is 6.92. The van der Waals surface area contributed by atoms with Gasteiger partial charge >= 0.3 is 0 Å². The lowest BCUT2D eigenvalue weighted by Crippen LogP contribution is -2.42. The van der Waals surface area contributed by atoms with Gasteiger partial charge in [-0.2, -0.15) is 0 Å². The average molecular weight is 239 g/mol. The molecule has 4 nitrogen and oxygen atoms in total. The van der Waals surface area contributed by atoms with E-state index in [2.05, 4.69) is 16.8 Å². The minimum atomic E-state index is 0.424. The minimum Gasteiger partial charge on any atom is -0.378 e. The number of nitrogens with zero attached hydrogens (tertiary/aromatic N) is 2. The number of guanidine groups is 1. The van der Waals surface area contributed by atoms with Gasteiger partial charge in [0.15, 0.2) is 5.96 Å². The monoisotopic (exact) mass is 239 g/mol. The maximum Gasteiger partial charge on any atom is 0.191 e. The first kappa shape index (κ1) is 12.7. The van der Waals surface area contributed by atoms with Gasteiger partial charge in [-0.3, -0.25) is 4.99 Å². The summed E-state index contributed by atoms with van der Waals surface area (Å²) < 4.78 is 5.57. The van der Waals surface area contributed by atoms with E-state index in [9.17, 15) is 0 Å². The molecule has 2 rings (SSSR count). The molecular formula is C13H25N3O. The summed E-state index contributed by atoms with van der Waals surface area (Å²) in [4.78, 5) is 6.69. The highest BCUT2D eigenvalue weighted by Gasteiger charge is 2.17. The Labute approximate surface area is 104 Å². The molecule has 4 heteroatoms. The third-order valence-electron chi connectivity index (χ3n) is 3.86. The van der Waals surface area contributed by atoms with Gasteiger partial charge in [-0.05, 0) is 38.0 Å².